The number of rotatable bonds is 6. The van der Waals surface area contributed by atoms with Crippen molar-refractivity contribution in [3.63, 3.8) is 0 Å². The zero-order valence-electron chi connectivity index (χ0n) is 17.2. The molecular formula is C20H31N5Si. The summed E-state index contributed by atoms with van der Waals surface area (Å²) in [6, 6.07) is 5.90. The third kappa shape index (κ3) is 3.00. The highest BCUT2D eigenvalue weighted by Crippen LogP contribution is 2.26. The third-order valence-corrected chi connectivity index (χ3v) is 11.4. The lowest BCUT2D eigenvalue weighted by Crippen LogP contribution is -2.48. The first kappa shape index (κ1) is 18.8. The van der Waals surface area contributed by atoms with Crippen LogP contribution in [0.3, 0.4) is 0 Å². The van der Waals surface area contributed by atoms with Gasteiger partial charge in [0.1, 0.15) is 8.07 Å². The highest BCUT2D eigenvalue weighted by atomic mass is 28.3. The molecule has 0 radical (unpaired) electrons. The zero-order valence-corrected chi connectivity index (χ0v) is 18.2. The number of aryl methyl sites for hydroxylation is 2. The average molecular weight is 370 g/mol. The second kappa shape index (κ2) is 6.99. The van der Waals surface area contributed by atoms with Crippen LogP contribution in [0.2, 0.25) is 18.1 Å². The van der Waals surface area contributed by atoms with Crippen molar-refractivity contribution in [2.75, 3.05) is 0 Å². The molecule has 3 heterocycles. The lowest BCUT2D eigenvalue weighted by molar-refractivity contribution is 0.775. The lowest BCUT2D eigenvalue weighted by atomic mass is 10.1. The first-order valence-electron chi connectivity index (χ1n) is 9.76. The molecule has 0 aliphatic carbocycles. The molecule has 3 rings (SSSR count). The fraction of sp³-hybridized carbons (Fsp3) is 0.550. The standard InChI is InChI=1S/C20H31N5Si/c1-8-26(9-2,10-3)20-17(14(4)5)13-25(23-20)18-11-16-12-24(7)22-19(16)21-15(18)6/h11-14H,8-10H2,1-7H3. The van der Waals surface area contributed by atoms with Gasteiger partial charge in [-0.25, -0.2) is 9.67 Å². The summed E-state index contributed by atoms with van der Waals surface area (Å²) >= 11 is 0. The molecule has 0 amide bonds. The van der Waals surface area contributed by atoms with Crippen molar-refractivity contribution >= 4 is 24.4 Å². The second-order valence-corrected chi connectivity index (χ2v) is 12.8. The van der Waals surface area contributed by atoms with E-state index in [2.05, 4.69) is 56.7 Å². The SMILES string of the molecule is CC[Si](CC)(CC)c1nn(-c2cc3cn(C)nc3nc2C)cc1C(C)C. The predicted molar refractivity (Wildman–Crippen MR) is 111 cm³/mol. The van der Waals surface area contributed by atoms with Gasteiger partial charge in [-0.3, -0.25) is 4.68 Å². The van der Waals surface area contributed by atoms with Crippen LogP contribution in [-0.2, 0) is 7.05 Å². The van der Waals surface area contributed by atoms with Crippen molar-refractivity contribution < 1.29 is 0 Å². The fourth-order valence-corrected chi connectivity index (χ4v) is 7.77. The van der Waals surface area contributed by atoms with Crippen molar-refractivity contribution in [2.45, 2.75) is 65.6 Å². The molecule has 3 aromatic heterocycles. The fourth-order valence-electron chi connectivity index (χ4n) is 3.98. The van der Waals surface area contributed by atoms with Gasteiger partial charge in [-0.2, -0.15) is 10.2 Å². The van der Waals surface area contributed by atoms with Crippen LogP contribution in [0.25, 0.3) is 16.7 Å². The van der Waals surface area contributed by atoms with Gasteiger partial charge in [-0.1, -0.05) is 52.8 Å². The molecule has 0 saturated carbocycles. The van der Waals surface area contributed by atoms with E-state index in [1.54, 1.807) is 0 Å². The molecule has 0 unspecified atom stereocenters. The topological polar surface area (TPSA) is 48.5 Å². The maximum atomic E-state index is 5.17. The van der Waals surface area contributed by atoms with Gasteiger partial charge in [0.05, 0.1) is 11.4 Å². The van der Waals surface area contributed by atoms with Gasteiger partial charge in [0.25, 0.3) is 0 Å². The molecule has 140 valence electrons. The van der Waals surface area contributed by atoms with E-state index in [1.807, 2.05) is 24.9 Å². The molecule has 0 atom stereocenters. The van der Waals surface area contributed by atoms with Gasteiger partial charge in [-0.05, 0) is 24.5 Å². The Morgan fingerprint density at radius 2 is 1.69 bits per heavy atom. The van der Waals surface area contributed by atoms with Crippen molar-refractivity contribution in [3.05, 3.63) is 29.7 Å². The minimum Gasteiger partial charge on any atom is -0.273 e. The van der Waals surface area contributed by atoms with E-state index in [-0.39, 0.29) is 0 Å². The van der Waals surface area contributed by atoms with E-state index in [4.69, 9.17) is 10.1 Å². The highest BCUT2D eigenvalue weighted by Gasteiger charge is 2.35. The number of pyridine rings is 1. The normalized spacial score (nSPS) is 12.5. The van der Waals surface area contributed by atoms with E-state index in [0.29, 0.717) is 5.92 Å². The highest BCUT2D eigenvalue weighted by molar-refractivity contribution is 6.91. The Morgan fingerprint density at radius 1 is 1.04 bits per heavy atom. The summed E-state index contributed by atoms with van der Waals surface area (Å²) in [6.45, 7) is 13.6. The zero-order chi connectivity index (χ0) is 19.1. The van der Waals surface area contributed by atoms with E-state index in [0.717, 1.165) is 22.4 Å². The number of nitrogens with zero attached hydrogens (tertiary/aromatic N) is 5. The van der Waals surface area contributed by atoms with Crippen molar-refractivity contribution in [1.29, 1.82) is 0 Å². The van der Waals surface area contributed by atoms with E-state index < -0.39 is 8.07 Å². The molecule has 0 aliphatic heterocycles. The molecule has 0 aliphatic rings. The minimum absolute atomic E-state index is 0.477. The molecule has 0 saturated heterocycles. The Labute approximate surface area is 157 Å². The Hall–Kier alpha value is -1.95. The van der Waals surface area contributed by atoms with Crippen LogP contribution in [0.15, 0.2) is 18.5 Å². The number of fused-ring (bicyclic) bond motifs is 1. The second-order valence-electron chi connectivity index (χ2n) is 7.68. The molecule has 0 fully saturated rings. The van der Waals surface area contributed by atoms with Gasteiger partial charge in [-0.15, -0.1) is 0 Å². The van der Waals surface area contributed by atoms with Gasteiger partial charge in [0.2, 0.25) is 0 Å². The van der Waals surface area contributed by atoms with Crippen LogP contribution in [0.1, 0.15) is 51.8 Å². The predicted octanol–water partition coefficient (Wildman–Crippen LogP) is 4.30. The molecule has 0 N–H and O–H groups in total. The monoisotopic (exact) mass is 369 g/mol. The Bertz CT molecular complexity index is 910. The molecule has 0 aromatic carbocycles. The van der Waals surface area contributed by atoms with Gasteiger partial charge < -0.3 is 0 Å². The molecule has 6 heteroatoms. The van der Waals surface area contributed by atoms with Gasteiger partial charge in [0, 0.05) is 30.1 Å². The maximum absolute atomic E-state index is 5.17. The van der Waals surface area contributed by atoms with Crippen LogP contribution >= 0.6 is 0 Å². The van der Waals surface area contributed by atoms with Gasteiger partial charge in [0.15, 0.2) is 5.65 Å². The number of hydrogen-bond donors (Lipinski definition) is 0. The first-order chi connectivity index (χ1) is 12.3. The van der Waals surface area contributed by atoms with Crippen LogP contribution in [0, 0.1) is 6.92 Å². The summed E-state index contributed by atoms with van der Waals surface area (Å²) < 4.78 is 3.89. The summed E-state index contributed by atoms with van der Waals surface area (Å²) in [7, 11) is 0.385. The lowest BCUT2D eigenvalue weighted by Gasteiger charge is -2.27. The number of aromatic nitrogens is 5. The van der Waals surface area contributed by atoms with E-state index >= 15 is 0 Å². The largest absolute Gasteiger partial charge is 0.273 e. The first-order valence-corrected chi connectivity index (χ1v) is 12.4. The molecule has 5 nitrogen and oxygen atoms in total. The minimum atomic E-state index is -1.55. The quantitative estimate of drug-likeness (QED) is 0.609. The van der Waals surface area contributed by atoms with Gasteiger partial charge >= 0.3 is 0 Å². The summed E-state index contributed by atoms with van der Waals surface area (Å²) in [4.78, 5) is 4.70. The summed E-state index contributed by atoms with van der Waals surface area (Å²) in [6.07, 6.45) is 4.26. The Morgan fingerprint density at radius 3 is 2.27 bits per heavy atom. The number of hydrogen-bond acceptors (Lipinski definition) is 3. The molecule has 26 heavy (non-hydrogen) atoms. The third-order valence-electron chi connectivity index (χ3n) is 5.92. The van der Waals surface area contributed by atoms with Crippen LogP contribution in [0.4, 0.5) is 0 Å². The Balaban J connectivity index is 2.21. The summed E-state index contributed by atoms with van der Waals surface area (Å²) in [5.74, 6) is 0.477. The van der Waals surface area contributed by atoms with Crippen molar-refractivity contribution in [2.24, 2.45) is 7.05 Å². The summed E-state index contributed by atoms with van der Waals surface area (Å²) in [5.41, 5.74) is 4.24. The molecular weight excluding hydrogens is 338 g/mol. The van der Waals surface area contributed by atoms with Crippen LogP contribution in [0.5, 0.6) is 0 Å². The van der Waals surface area contributed by atoms with Crippen LogP contribution < -0.4 is 5.32 Å². The molecule has 0 spiro atoms. The van der Waals surface area contributed by atoms with Crippen LogP contribution in [-0.4, -0.2) is 32.6 Å². The molecule has 0 bridgehead atoms. The van der Waals surface area contributed by atoms with Crippen molar-refractivity contribution in [3.8, 4) is 5.69 Å². The van der Waals surface area contributed by atoms with E-state index in [9.17, 15) is 0 Å². The Kier molecular flexibility index (Phi) is 5.06. The summed E-state index contributed by atoms with van der Waals surface area (Å²) in [5, 5.41) is 12.0. The molecule has 3 aromatic rings. The average Bonchev–Trinajstić information content (AvgIpc) is 3.19. The van der Waals surface area contributed by atoms with Crippen molar-refractivity contribution in [1.82, 2.24) is 24.5 Å². The smallest absolute Gasteiger partial charge is 0.181 e. The van der Waals surface area contributed by atoms with E-state index in [1.165, 1.54) is 29.0 Å². The maximum Gasteiger partial charge on any atom is 0.181 e.